The summed E-state index contributed by atoms with van der Waals surface area (Å²) < 4.78 is 0. The van der Waals surface area contributed by atoms with Gasteiger partial charge in [-0.05, 0) is 18.6 Å². The largest absolute Gasteiger partial charge is 0.294 e. The van der Waals surface area contributed by atoms with Gasteiger partial charge in [-0.25, -0.2) is 0 Å². The highest BCUT2D eigenvalue weighted by molar-refractivity contribution is 6.02. The molecule has 1 heterocycles. The van der Waals surface area contributed by atoms with E-state index in [2.05, 4.69) is 4.98 Å². The molecule has 0 radical (unpaired) electrons. The first-order chi connectivity index (χ1) is 6.84. The van der Waals surface area contributed by atoms with Crippen LogP contribution in [0.15, 0.2) is 30.3 Å². The van der Waals surface area contributed by atoms with Gasteiger partial charge < -0.3 is 0 Å². The fraction of sp³-hybridized carbons (Fsp3) is 0.167. The number of para-hydroxylation sites is 1. The summed E-state index contributed by atoms with van der Waals surface area (Å²) in [5.74, 6) is 0.234. The topological polar surface area (TPSA) is 30.0 Å². The highest BCUT2D eigenvalue weighted by Crippen LogP contribution is 2.24. The summed E-state index contributed by atoms with van der Waals surface area (Å²) in [6, 6.07) is 9.88. The van der Waals surface area contributed by atoms with Crippen molar-refractivity contribution in [3.05, 3.63) is 41.6 Å². The Balaban J connectivity index is 2.38. The van der Waals surface area contributed by atoms with E-state index in [1.54, 1.807) is 0 Å². The van der Waals surface area contributed by atoms with E-state index >= 15 is 0 Å². The molecule has 2 nitrogen and oxygen atoms in total. The predicted molar refractivity (Wildman–Crippen MR) is 54.4 cm³/mol. The third-order valence-corrected chi connectivity index (χ3v) is 2.69. The van der Waals surface area contributed by atoms with Crippen LogP contribution in [0.4, 0.5) is 0 Å². The lowest BCUT2D eigenvalue weighted by atomic mass is 10.1. The maximum absolute atomic E-state index is 11.5. The number of benzene rings is 1. The molecule has 0 saturated heterocycles. The molecule has 1 aliphatic rings. The number of fused-ring (bicyclic) bond motifs is 2. The predicted octanol–water partition coefficient (Wildman–Crippen LogP) is 2.36. The van der Waals surface area contributed by atoms with E-state index in [4.69, 9.17) is 0 Å². The molecule has 0 aliphatic heterocycles. The van der Waals surface area contributed by atoms with Crippen LogP contribution in [0.25, 0.3) is 10.9 Å². The summed E-state index contributed by atoms with van der Waals surface area (Å²) >= 11 is 0. The minimum atomic E-state index is 0.234. The first kappa shape index (κ1) is 7.68. The Hall–Kier alpha value is -1.70. The van der Waals surface area contributed by atoms with Crippen LogP contribution in [0.2, 0.25) is 0 Å². The van der Waals surface area contributed by atoms with Crippen LogP contribution in [0.3, 0.4) is 0 Å². The lowest BCUT2D eigenvalue weighted by Crippen LogP contribution is -1.93. The fourth-order valence-electron chi connectivity index (χ4n) is 1.95. The Morgan fingerprint density at radius 3 is 2.93 bits per heavy atom. The van der Waals surface area contributed by atoms with E-state index < -0.39 is 0 Å². The van der Waals surface area contributed by atoms with Gasteiger partial charge in [0.15, 0.2) is 5.78 Å². The zero-order valence-corrected chi connectivity index (χ0v) is 7.66. The molecular formula is C12H9NO. The third-order valence-electron chi connectivity index (χ3n) is 2.69. The number of Topliss-reactive ketones (excluding diaryl/α,β-unsaturated/α-hetero) is 1. The Labute approximate surface area is 81.6 Å². The van der Waals surface area contributed by atoms with E-state index in [1.165, 1.54) is 0 Å². The molecule has 0 bridgehead atoms. The second kappa shape index (κ2) is 2.64. The van der Waals surface area contributed by atoms with Crippen LogP contribution >= 0.6 is 0 Å². The minimum absolute atomic E-state index is 0.234. The second-order valence-corrected chi connectivity index (χ2v) is 3.60. The van der Waals surface area contributed by atoms with Gasteiger partial charge in [-0.3, -0.25) is 9.78 Å². The van der Waals surface area contributed by atoms with Gasteiger partial charge in [0.2, 0.25) is 0 Å². The van der Waals surface area contributed by atoms with Crippen molar-refractivity contribution in [2.45, 2.75) is 12.8 Å². The molecule has 0 unspecified atom stereocenters. The van der Waals surface area contributed by atoms with Crippen LogP contribution in [-0.2, 0) is 6.42 Å². The number of hydrogen-bond acceptors (Lipinski definition) is 2. The van der Waals surface area contributed by atoms with Crippen molar-refractivity contribution < 1.29 is 4.79 Å². The Bertz CT molecular complexity index is 531. The molecule has 14 heavy (non-hydrogen) atoms. The molecule has 0 atom stereocenters. The zero-order chi connectivity index (χ0) is 9.54. The van der Waals surface area contributed by atoms with Crippen LogP contribution in [0, 0.1) is 0 Å². The number of aromatic nitrogens is 1. The summed E-state index contributed by atoms with van der Waals surface area (Å²) in [6.45, 7) is 0. The van der Waals surface area contributed by atoms with E-state index in [1.807, 2.05) is 30.3 Å². The van der Waals surface area contributed by atoms with Crippen molar-refractivity contribution in [1.29, 1.82) is 0 Å². The van der Waals surface area contributed by atoms with Gasteiger partial charge in [0, 0.05) is 17.4 Å². The maximum atomic E-state index is 11.5. The van der Waals surface area contributed by atoms with Gasteiger partial charge in [-0.1, -0.05) is 18.2 Å². The van der Waals surface area contributed by atoms with E-state index in [0.29, 0.717) is 6.42 Å². The lowest BCUT2D eigenvalue weighted by Gasteiger charge is -2.00. The number of carbonyl (C=O) groups is 1. The van der Waals surface area contributed by atoms with Crippen molar-refractivity contribution in [2.75, 3.05) is 0 Å². The fourth-order valence-corrected chi connectivity index (χ4v) is 1.95. The Morgan fingerprint density at radius 2 is 2.00 bits per heavy atom. The van der Waals surface area contributed by atoms with Crippen molar-refractivity contribution in [3.8, 4) is 0 Å². The number of rotatable bonds is 0. The van der Waals surface area contributed by atoms with E-state index in [-0.39, 0.29) is 5.78 Å². The Kier molecular flexibility index (Phi) is 1.45. The first-order valence-corrected chi connectivity index (χ1v) is 4.76. The monoisotopic (exact) mass is 183 g/mol. The standard InChI is InChI=1S/C12H9NO/c14-12-6-5-11-9(12)7-8-3-1-2-4-10(8)13-11/h1-4,7H,5-6H2. The van der Waals surface area contributed by atoms with Gasteiger partial charge in [-0.15, -0.1) is 0 Å². The molecule has 1 aliphatic carbocycles. The normalized spacial score (nSPS) is 14.7. The van der Waals surface area contributed by atoms with Gasteiger partial charge in [-0.2, -0.15) is 0 Å². The van der Waals surface area contributed by atoms with Gasteiger partial charge in [0.1, 0.15) is 0 Å². The molecule has 2 aromatic rings. The number of ketones is 1. The average Bonchev–Trinajstić information content (AvgIpc) is 2.57. The van der Waals surface area contributed by atoms with Gasteiger partial charge in [0.05, 0.1) is 11.2 Å². The van der Waals surface area contributed by atoms with Crippen molar-refractivity contribution in [1.82, 2.24) is 4.98 Å². The van der Waals surface area contributed by atoms with Crippen LogP contribution in [0.1, 0.15) is 22.5 Å². The molecule has 1 aromatic carbocycles. The van der Waals surface area contributed by atoms with E-state index in [0.717, 1.165) is 28.6 Å². The zero-order valence-electron chi connectivity index (χ0n) is 7.66. The number of nitrogens with zero attached hydrogens (tertiary/aromatic N) is 1. The quantitative estimate of drug-likeness (QED) is 0.627. The summed E-state index contributed by atoms with van der Waals surface area (Å²) in [7, 11) is 0. The molecule has 0 N–H and O–H groups in total. The molecule has 0 amide bonds. The number of pyridine rings is 1. The molecule has 1 aromatic heterocycles. The maximum Gasteiger partial charge on any atom is 0.165 e. The second-order valence-electron chi connectivity index (χ2n) is 3.60. The van der Waals surface area contributed by atoms with E-state index in [9.17, 15) is 4.79 Å². The highest BCUT2D eigenvalue weighted by atomic mass is 16.1. The molecule has 0 spiro atoms. The van der Waals surface area contributed by atoms with Crippen LogP contribution < -0.4 is 0 Å². The van der Waals surface area contributed by atoms with Gasteiger partial charge >= 0.3 is 0 Å². The molecular weight excluding hydrogens is 174 g/mol. The van der Waals surface area contributed by atoms with Crippen LogP contribution in [0.5, 0.6) is 0 Å². The summed E-state index contributed by atoms with van der Waals surface area (Å²) in [6.07, 6.45) is 1.43. The lowest BCUT2D eigenvalue weighted by molar-refractivity contribution is 0.0994. The van der Waals surface area contributed by atoms with Gasteiger partial charge in [0.25, 0.3) is 0 Å². The summed E-state index contributed by atoms with van der Waals surface area (Å²) in [4.78, 5) is 16.0. The molecule has 0 saturated carbocycles. The number of carbonyl (C=O) groups excluding carboxylic acids is 1. The average molecular weight is 183 g/mol. The summed E-state index contributed by atoms with van der Waals surface area (Å²) in [5.41, 5.74) is 2.78. The molecule has 3 rings (SSSR count). The van der Waals surface area contributed by atoms with Crippen molar-refractivity contribution >= 4 is 16.7 Å². The van der Waals surface area contributed by atoms with Crippen molar-refractivity contribution in [2.24, 2.45) is 0 Å². The smallest absolute Gasteiger partial charge is 0.165 e. The number of aryl methyl sites for hydroxylation is 1. The molecule has 0 fully saturated rings. The Morgan fingerprint density at radius 1 is 1.14 bits per heavy atom. The molecule has 2 heteroatoms. The third kappa shape index (κ3) is 0.970. The number of hydrogen-bond donors (Lipinski definition) is 0. The SMILES string of the molecule is O=C1CCc2nc3ccccc3cc21. The minimum Gasteiger partial charge on any atom is -0.294 e. The molecule has 68 valence electrons. The summed E-state index contributed by atoms with van der Waals surface area (Å²) in [5, 5.41) is 1.06. The highest BCUT2D eigenvalue weighted by Gasteiger charge is 2.20. The van der Waals surface area contributed by atoms with Crippen LogP contribution in [-0.4, -0.2) is 10.8 Å². The van der Waals surface area contributed by atoms with Crippen molar-refractivity contribution in [3.63, 3.8) is 0 Å². The first-order valence-electron chi connectivity index (χ1n) is 4.76.